The number of aliphatic hydroxyl groups is 1. The van der Waals surface area contributed by atoms with Gasteiger partial charge in [-0.3, -0.25) is 4.72 Å². The molecule has 3 aromatic rings. The highest BCUT2D eigenvalue weighted by atomic mass is 32.2. The minimum absolute atomic E-state index is 0.00339. The molecule has 5 N–H and O–H groups in total. The minimum atomic E-state index is -3.56. The summed E-state index contributed by atoms with van der Waals surface area (Å²) in [6.07, 6.45) is 0.0657. The Morgan fingerprint density at radius 2 is 1.62 bits per heavy atom. The Balaban J connectivity index is 1.45. The number of aromatic carboxylic acids is 1. The molecule has 180 valence electrons. The average Bonchev–Trinajstić information content (AvgIpc) is 2.80. The first-order chi connectivity index (χ1) is 16.1. The standard InChI is InChI=1S/C24H26N2O7S/c1-34(31,32)26-21-14-19(8-11-22(21)27)23(28)15-25-12-13-33-20-9-6-17(7-10-20)16-2-4-18(5-3-16)24(29)30/h2-11,14,23,25-28H,12-13,15H2,1H3,(H,29,30). The number of anilines is 1. The second kappa shape index (κ2) is 11.0. The lowest BCUT2D eigenvalue weighted by Crippen LogP contribution is -2.26. The number of carbonyl (C=O) groups is 1. The number of sulfonamides is 1. The third-order valence-electron chi connectivity index (χ3n) is 4.91. The van der Waals surface area contributed by atoms with Crippen LogP contribution in [-0.4, -0.2) is 55.7 Å². The Hall–Kier alpha value is -3.60. The topological polar surface area (TPSA) is 145 Å². The highest BCUT2D eigenvalue weighted by molar-refractivity contribution is 7.92. The van der Waals surface area contributed by atoms with Crippen LogP contribution < -0.4 is 14.8 Å². The first-order valence-electron chi connectivity index (χ1n) is 10.4. The fourth-order valence-corrected chi connectivity index (χ4v) is 3.75. The van der Waals surface area contributed by atoms with E-state index < -0.39 is 22.1 Å². The normalized spacial score (nSPS) is 12.2. The number of phenols is 1. The van der Waals surface area contributed by atoms with E-state index in [9.17, 15) is 23.4 Å². The number of ether oxygens (including phenoxy) is 1. The zero-order valence-corrected chi connectivity index (χ0v) is 19.2. The number of aliphatic hydroxyl groups excluding tert-OH is 1. The molecule has 9 nitrogen and oxygen atoms in total. The maximum Gasteiger partial charge on any atom is 0.335 e. The van der Waals surface area contributed by atoms with Crippen LogP contribution in [0.4, 0.5) is 5.69 Å². The van der Waals surface area contributed by atoms with Crippen LogP contribution in [0.15, 0.2) is 66.7 Å². The summed E-state index contributed by atoms with van der Waals surface area (Å²) >= 11 is 0. The van der Waals surface area contributed by atoms with Crippen LogP contribution >= 0.6 is 0 Å². The fraction of sp³-hybridized carbons (Fsp3) is 0.208. The quantitative estimate of drug-likeness (QED) is 0.205. The van der Waals surface area contributed by atoms with Gasteiger partial charge in [-0.15, -0.1) is 0 Å². The summed E-state index contributed by atoms with van der Waals surface area (Å²) in [6, 6.07) is 18.3. The Labute approximate surface area is 197 Å². The fourth-order valence-electron chi connectivity index (χ4n) is 3.19. The molecule has 10 heteroatoms. The molecular formula is C24H26N2O7S. The largest absolute Gasteiger partial charge is 0.506 e. The summed E-state index contributed by atoms with van der Waals surface area (Å²) in [5.41, 5.74) is 2.52. The number of hydrogen-bond donors (Lipinski definition) is 5. The first-order valence-corrected chi connectivity index (χ1v) is 12.3. The van der Waals surface area contributed by atoms with Crippen LogP contribution in [0.25, 0.3) is 11.1 Å². The molecule has 0 amide bonds. The lowest BCUT2D eigenvalue weighted by atomic mass is 10.0. The molecule has 0 saturated heterocycles. The minimum Gasteiger partial charge on any atom is -0.506 e. The van der Waals surface area contributed by atoms with Gasteiger partial charge in [-0.1, -0.05) is 30.3 Å². The molecular weight excluding hydrogens is 460 g/mol. The van der Waals surface area contributed by atoms with Crippen molar-refractivity contribution in [3.63, 3.8) is 0 Å². The molecule has 0 aliphatic rings. The summed E-state index contributed by atoms with van der Waals surface area (Å²) in [7, 11) is -3.56. The Bertz CT molecular complexity index is 1230. The molecule has 3 aromatic carbocycles. The number of carboxylic acid groups (broad SMARTS) is 1. The van der Waals surface area contributed by atoms with Gasteiger partial charge in [0, 0.05) is 13.1 Å². The van der Waals surface area contributed by atoms with Gasteiger partial charge in [0.15, 0.2) is 0 Å². The van der Waals surface area contributed by atoms with Crippen molar-refractivity contribution in [2.24, 2.45) is 0 Å². The van der Waals surface area contributed by atoms with Crippen LogP contribution in [0.3, 0.4) is 0 Å². The van der Waals surface area contributed by atoms with E-state index in [0.717, 1.165) is 17.4 Å². The Morgan fingerprint density at radius 3 is 2.21 bits per heavy atom. The Kier molecular flexibility index (Phi) is 8.11. The van der Waals surface area contributed by atoms with Gasteiger partial charge >= 0.3 is 5.97 Å². The lowest BCUT2D eigenvalue weighted by molar-refractivity contribution is 0.0697. The first kappa shape index (κ1) is 25.0. The summed E-state index contributed by atoms with van der Waals surface area (Å²) in [6.45, 7) is 1.02. The zero-order valence-electron chi connectivity index (χ0n) is 18.4. The predicted molar refractivity (Wildman–Crippen MR) is 129 cm³/mol. The molecule has 0 radical (unpaired) electrons. The third kappa shape index (κ3) is 7.20. The van der Waals surface area contributed by atoms with E-state index >= 15 is 0 Å². The van der Waals surface area contributed by atoms with Crippen molar-refractivity contribution in [1.29, 1.82) is 0 Å². The number of phenolic OH excluding ortho intramolecular Hbond substituents is 1. The third-order valence-corrected chi connectivity index (χ3v) is 5.50. The molecule has 0 aliphatic carbocycles. The number of benzene rings is 3. The summed E-state index contributed by atoms with van der Waals surface area (Å²) in [5.74, 6) is -0.525. The highest BCUT2D eigenvalue weighted by Crippen LogP contribution is 2.28. The molecule has 0 fully saturated rings. The number of hydrogen-bond acceptors (Lipinski definition) is 7. The maximum absolute atomic E-state index is 11.4. The van der Waals surface area contributed by atoms with Crippen molar-refractivity contribution >= 4 is 21.7 Å². The summed E-state index contributed by atoms with van der Waals surface area (Å²) in [4.78, 5) is 11.0. The van der Waals surface area contributed by atoms with E-state index in [1.54, 1.807) is 24.3 Å². The van der Waals surface area contributed by atoms with E-state index in [1.165, 1.54) is 18.2 Å². The molecule has 0 aromatic heterocycles. The zero-order chi connectivity index (χ0) is 24.7. The molecule has 0 heterocycles. The number of nitrogens with one attached hydrogen (secondary N) is 2. The van der Waals surface area contributed by atoms with E-state index in [4.69, 9.17) is 9.84 Å². The van der Waals surface area contributed by atoms with Crippen molar-refractivity contribution in [1.82, 2.24) is 5.32 Å². The molecule has 3 rings (SSSR count). The number of rotatable bonds is 11. The lowest BCUT2D eigenvalue weighted by Gasteiger charge is -2.15. The molecule has 0 bridgehead atoms. The molecule has 1 unspecified atom stereocenters. The van der Waals surface area contributed by atoms with Crippen molar-refractivity contribution in [2.75, 3.05) is 30.7 Å². The molecule has 0 spiro atoms. The average molecular weight is 487 g/mol. The number of carboxylic acids is 1. The van der Waals surface area contributed by atoms with Crippen molar-refractivity contribution in [3.05, 3.63) is 77.9 Å². The van der Waals surface area contributed by atoms with E-state index in [2.05, 4.69) is 10.0 Å². The molecule has 0 aliphatic heterocycles. The van der Waals surface area contributed by atoms with Crippen LogP contribution in [0.5, 0.6) is 11.5 Å². The van der Waals surface area contributed by atoms with Crippen LogP contribution in [0, 0.1) is 0 Å². The van der Waals surface area contributed by atoms with Gasteiger partial charge in [-0.05, 0) is 53.1 Å². The van der Waals surface area contributed by atoms with Crippen molar-refractivity contribution in [2.45, 2.75) is 6.10 Å². The van der Waals surface area contributed by atoms with E-state index in [1.807, 2.05) is 24.3 Å². The van der Waals surface area contributed by atoms with Crippen molar-refractivity contribution < 1.29 is 33.3 Å². The SMILES string of the molecule is CS(=O)(=O)Nc1cc(C(O)CNCCOc2ccc(-c3ccc(C(=O)O)cc3)cc2)ccc1O. The van der Waals surface area contributed by atoms with Crippen molar-refractivity contribution in [3.8, 4) is 22.6 Å². The summed E-state index contributed by atoms with van der Waals surface area (Å²) in [5, 5.41) is 32.2. The van der Waals surface area contributed by atoms with Gasteiger partial charge in [0.05, 0.1) is 23.6 Å². The predicted octanol–water partition coefficient (Wildman–Crippen LogP) is 2.83. The van der Waals surface area contributed by atoms with Gasteiger partial charge in [0.1, 0.15) is 18.1 Å². The van der Waals surface area contributed by atoms with Gasteiger partial charge < -0.3 is 25.4 Å². The Morgan fingerprint density at radius 1 is 1.00 bits per heavy atom. The summed E-state index contributed by atoms with van der Waals surface area (Å²) < 4.78 is 30.7. The smallest absolute Gasteiger partial charge is 0.335 e. The second-order valence-electron chi connectivity index (χ2n) is 7.63. The van der Waals surface area contributed by atoms with E-state index in [0.29, 0.717) is 24.5 Å². The van der Waals surface area contributed by atoms with Crippen LogP contribution in [0.1, 0.15) is 22.0 Å². The maximum atomic E-state index is 11.4. The molecule has 0 saturated carbocycles. The van der Waals surface area contributed by atoms with Gasteiger partial charge in [-0.25, -0.2) is 13.2 Å². The van der Waals surface area contributed by atoms with Crippen LogP contribution in [0.2, 0.25) is 0 Å². The van der Waals surface area contributed by atoms with Crippen LogP contribution in [-0.2, 0) is 10.0 Å². The molecule has 1 atom stereocenters. The van der Waals surface area contributed by atoms with Gasteiger partial charge in [-0.2, -0.15) is 0 Å². The van der Waals surface area contributed by atoms with E-state index in [-0.39, 0.29) is 23.5 Å². The second-order valence-corrected chi connectivity index (χ2v) is 9.37. The molecule has 34 heavy (non-hydrogen) atoms. The monoisotopic (exact) mass is 486 g/mol. The number of aromatic hydroxyl groups is 1. The highest BCUT2D eigenvalue weighted by Gasteiger charge is 2.13. The van der Waals surface area contributed by atoms with Gasteiger partial charge in [0.2, 0.25) is 10.0 Å². The van der Waals surface area contributed by atoms with Gasteiger partial charge in [0.25, 0.3) is 0 Å².